The molecule has 1 heterocycles. The van der Waals surface area contributed by atoms with E-state index in [0.717, 1.165) is 16.8 Å². The Morgan fingerprint density at radius 1 is 1.04 bits per heavy atom. The minimum absolute atomic E-state index is 0.190. The van der Waals surface area contributed by atoms with E-state index >= 15 is 0 Å². The van der Waals surface area contributed by atoms with Crippen molar-refractivity contribution in [2.45, 2.75) is 52.2 Å². The van der Waals surface area contributed by atoms with Gasteiger partial charge in [0.25, 0.3) is 0 Å². The maximum atomic E-state index is 9.78. The van der Waals surface area contributed by atoms with E-state index < -0.39 is 5.60 Å². The molecule has 0 aliphatic carbocycles. The lowest BCUT2D eigenvalue weighted by Crippen LogP contribution is -2.32. The average molecular weight is 382 g/mol. The molecule has 0 radical (unpaired) electrons. The first-order valence-electron chi connectivity index (χ1n) is 9.52. The molecule has 2 aromatic rings. The van der Waals surface area contributed by atoms with E-state index in [0.29, 0.717) is 24.5 Å². The quantitative estimate of drug-likeness (QED) is 0.672. The Labute approximate surface area is 168 Å². The topological polar surface area (TPSA) is 58.4 Å². The van der Waals surface area contributed by atoms with Gasteiger partial charge in [-0.05, 0) is 58.4 Å². The summed E-state index contributed by atoms with van der Waals surface area (Å²) in [6, 6.07) is 12.2. The van der Waals surface area contributed by atoms with Crippen LogP contribution in [-0.2, 0) is 4.74 Å². The van der Waals surface area contributed by atoms with Gasteiger partial charge in [-0.3, -0.25) is 0 Å². The van der Waals surface area contributed by atoms with Crippen LogP contribution in [-0.4, -0.2) is 36.9 Å². The molecule has 0 N–H and O–H groups in total. The number of ether oxygens (including phenoxy) is 2. The number of hydrogen-bond donors (Lipinski definition) is 0. The molecule has 0 fully saturated rings. The predicted molar refractivity (Wildman–Crippen MR) is 114 cm³/mol. The Morgan fingerprint density at radius 2 is 1.68 bits per heavy atom. The maximum Gasteiger partial charge on any atom is 0.232 e. The third kappa shape index (κ3) is 5.97. The SMILES string of the molecule is CN(C)c1ccc(-c2ccnc(OC(C)(C)CCOC(C)(C)C)c2C#N)cc1. The highest BCUT2D eigenvalue weighted by Gasteiger charge is 2.24. The summed E-state index contributed by atoms with van der Waals surface area (Å²) in [6.45, 7) is 10.6. The summed E-state index contributed by atoms with van der Waals surface area (Å²) in [5, 5.41) is 9.78. The minimum atomic E-state index is -0.503. The Bertz CT molecular complexity index is 828. The van der Waals surface area contributed by atoms with E-state index in [1.165, 1.54) is 0 Å². The molecule has 1 aromatic heterocycles. The fraction of sp³-hybridized carbons (Fsp3) is 0.478. The molecule has 5 nitrogen and oxygen atoms in total. The van der Waals surface area contributed by atoms with Crippen LogP contribution < -0.4 is 9.64 Å². The number of hydrogen-bond acceptors (Lipinski definition) is 5. The zero-order valence-corrected chi connectivity index (χ0v) is 18.0. The standard InChI is InChI=1S/C23H31N3O2/c1-22(2,3)27-15-13-23(4,5)28-21-20(16-24)19(12-14-25-21)17-8-10-18(11-9-17)26(6)7/h8-12,14H,13,15H2,1-7H3. The summed E-state index contributed by atoms with van der Waals surface area (Å²) in [5.41, 5.74) is 2.64. The van der Waals surface area contributed by atoms with Crippen molar-refractivity contribution in [3.8, 4) is 23.1 Å². The van der Waals surface area contributed by atoms with Gasteiger partial charge in [0.15, 0.2) is 0 Å². The van der Waals surface area contributed by atoms with Gasteiger partial charge in [0, 0.05) is 38.0 Å². The highest BCUT2D eigenvalue weighted by atomic mass is 16.5. The molecule has 0 aliphatic rings. The first kappa shape index (κ1) is 21.7. The Morgan fingerprint density at radius 3 is 2.21 bits per heavy atom. The fourth-order valence-electron chi connectivity index (χ4n) is 2.72. The number of nitrogens with zero attached hydrogens (tertiary/aromatic N) is 3. The maximum absolute atomic E-state index is 9.78. The normalized spacial score (nSPS) is 11.8. The second-order valence-corrected chi connectivity index (χ2v) is 8.66. The number of anilines is 1. The van der Waals surface area contributed by atoms with Crippen LogP contribution in [0.2, 0.25) is 0 Å². The summed E-state index contributed by atoms with van der Waals surface area (Å²) in [6.07, 6.45) is 2.38. The number of benzene rings is 1. The molecule has 5 heteroatoms. The molecule has 0 atom stereocenters. The molecule has 2 rings (SSSR count). The van der Waals surface area contributed by atoms with Crippen LogP contribution in [0, 0.1) is 11.3 Å². The predicted octanol–water partition coefficient (Wildman–Crippen LogP) is 5.05. The smallest absolute Gasteiger partial charge is 0.232 e. The van der Waals surface area contributed by atoms with Crippen LogP contribution in [0.25, 0.3) is 11.1 Å². The number of nitriles is 1. The van der Waals surface area contributed by atoms with Crippen molar-refractivity contribution in [2.24, 2.45) is 0 Å². The van der Waals surface area contributed by atoms with Crippen molar-refractivity contribution in [2.75, 3.05) is 25.6 Å². The molecule has 0 spiro atoms. The van der Waals surface area contributed by atoms with Gasteiger partial charge in [-0.1, -0.05) is 12.1 Å². The van der Waals surface area contributed by atoms with E-state index in [2.05, 4.69) is 11.1 Å². The van der Waals surface area contributed by atoms with E-state index in [1.54, 1.807) is 6.20 Å². The van der Waals surface area contributed by atoms with E-state index in [9.17, 15) is 5.26 Å². The van der Waals surface area contributed by atoms with Crippen LogP contribution in [0.15, 0.2) is 36.5 Å². The van der Waals surface area contributed by atoms with Gasteiger partial charge in [-0.2, -0.15) is 5.26 Å². The van der Waals surface area contributed by atoms with Gasteiger partial charge in [0.2, 0.25) is 5.88 Å². The average Bonchev–Trinajstić information content (AvgIpc) is 2.60. The van der Waals surface area contributed by atoms with Crippen molar-refractivity contribution in [1.82, 2.24) is 4.98 Å². The van der Waals surface area contributed by atoms with Crippen molar-refractivity contribution < 1.29 is 9.47 Å². The van der Waals surface area contributed by atoms with Crippen LogP contribution in [0.5, 0.6) is 5.88 Å². The molecule has 0 saturated heterocycles. The summed E-state index contributed by atoms with van der Waals surface area (Å²) < 4.78 is 12.0. The van der Waals surface area contributed by atoms with E-state index in [1.807, 2.05) is 83.9 Å². The first-order chi connectivity index (χ1) is 13.0. The Balaban J connectivity index is 2.24. The molecular formula is C23H31N3O2. The molecule has 0 saturated carbocycles. The summed E-state index contributed by atoms with van der Waals surface area (Å²) in [7, 11) is 4.00. The zero-order valence-electron chi connectivity index (χ0n) is 18.0. The molecule has 150 valence electrons. The van der Waals surface area contributed by atoms with Crippen molar-refractivity contribution in [3.63, 3.8) is 0 Å². The van der Waals surface area contributed by atoms with Crippen LogP contribution in [0.4, 0.5) is 5.69 Å². The van der Waals surface area contributed by atoms with E-state index in [-0.39, 0.29) is 5.60 Å². The molecule has 0 unspecified atom stereocenters. The minimum Gasteiger partial charge on any atom is -0.471 e. The van der Waals surface area contributed by atoms with Crippen LogP contribution in [0.3, 0.4) is 0 Å². The Kier molecular flexibility index (Phi) is 6.69. The molecule has 0 amide bonds. The van der Waals surface area contributed by atoms with Crippen molar-refractivity contribution in [1.29, 1.82) is 5.26 Å². The molecule has 0 bridgehead atoms. The third-order valence-electron chi connectivity index (χ3n) is 4.33. The Hall–Kier alpha value is -2.58. The number of pyridine rings is 1. The van der Waals surface area contributed by atoms with Crippen molar-refractivity contribution in [3.05, 3.63) is 42.1 Å². The molecule has 1 aromatic carbocycles. The van der Waals surface area contributed by atoms with Gasteiger partial charge in [-0.15, -0.1) is 0 Å². The van der Waals surface area contributed by atoms with Gasteiger partial charge in [0.05, 0.1) is 12.2 Å². The molecular weight excluding hydrogens is 350 g/mol. The van der Waals surface area contributed by atoms with Crippen LogP contribution in [0.1, 0.15) is 46.6 Å². The van der Waals surface area contributed by atoms with Gasteiger partial charge in [-0.25, -0.2) is 4.98 Å². The summed E-state index contributed by atoms with van der Waals surface area (Å²) in [4.78, 5) is 6.37. The summed E-state index contributed by atoms with van der Waals surface area (Å²) in [5.74, 6) is 0.359. The fourth-order valence-corrected chi connectivity index (χ4v) is 2.72. The zero-order chi connectivity index (χ0) is 20.9. The lowest BCUT2D eigenvalue weighted by atomic mass is 10.0. The molecule has 0 aliphatic heterocycles. The number of rotatable bonds is 7. The highest BCUT2D eigenvalue weighted by molar-refractivity contribution is 5.73. The molecule has 28 heavy (non-hydrogen) atoms. The van der Waals surface area contributed by atoms with Crippen molar-refractivity contribution >= 4 is 5.69 Å². The second kappa shape index (κ2) is 8.62. The van der Waals surface area contributed by atoms with E-state index in [4.69, 9.17) is 9.47 Å². The van der Waals surface area contributed by atoms with Gasteiger partial charge >= 0.3 is 0 Å². The number of aromatic nitrogens is 1. The first-order valence-corrected chi connectivity index (χ1v) is 9.52. The van der Waals surface area contributed by atoms with Gasteiger partial charge < -0.3 is 14.4 Å². The summed E-state index contributed by atoms with van der Waals surface area (Å²) >= 11 is 0. The highest BCUT2D eigenvalue weighted by Crippen LogP contribution is 2.32. The van der Waals surface area contributed by atoms with Crippen LogP contribution >= 0.6 is 0 Å². The lowest BCUT2D eigenvalue weighted by molar-refractivity contribution is -0.0300. The second-order valence-electron chi connectivity index (χ2n) is 8.66. The lowest BCUT2D eigenvalue weighted by Gasteiger charge is -2.28. The monoisotopic (exact) mass is 381 g/mol. The van der Waals surface area contributed by atoms with Gasteiger partial charge in [0.1, 0.15) is 17.2 Å². The third-order valence-corrected chi connectivity index (χ3v) is 4.33. The largest absolute Gasteiger partial charge is 0.471 e.